The molecule has 1 aliphatic carbocycles. The zero-order chi connectivity index (χ0) is 12.8. The number of nitrogens with zero attached hydrogens (tertiary/aromatic N) is 1. The lowest BCUT2D eigenvalue weighted by Gasteiger charge is -2.28. The van der Waals surface area contributed by atoms with Crippen molar-refractivity contribution < 1.29 is 4.74 Å². The molecule has 0 radical (unpaired) electrons. The summed E-state index contributed by atoms with van der Waals surface area (Å²) in [5.74, 6) is 0. The number of fused-ring (bicyclic) bond motifs is 3. The van der Waals surface area contributed by atoms with Crippen molar-refractivity contribution in [2.75, 3.05) is 6.61 Å². The second kappa shape index (κ2) is 4.64. The molecule has 1 atom stereocenters. The van der Waals surface area contributed by atoms with Gasteiger partial charge in [-0.05, 0) is 43.0 Å². The maximum Gasteiger partial charge on any atom is 0.0978 e. The molecule has 0 unspecified atom stereocenters. The molecule has 2 heterocycles. The molecule has 0 saturated heterocycles. The summed E-state index contributed by atoms with van der Waals surface area (Å²) in [6, 6.07) is 6.70. The van der Waals surface area contributed by atoms with Gasteiger partial charge in [-0.15, -0.1) is 0 Å². The Bertz CT molecular complexity index is 631. The van der Waals surface area contributed by atoms with E-state index in [0.717, 1.165) is 13.2 Å². The fraction of sp³-hybridized carbons (Fsp3) is 0.500. The first-order valence-corrected chi connectivity index (χ1v) is 8.06. The van der Waals surface area contributed by atoms with Gasteiger partial charge >= 0.3 is 0 Å². The van der Waals surface area contributed by atoms with E-state index in [0.29, 0.717) is 6.10 Å². The number of ether oxygens (including phenoxy) is 1. The van der Waals surface area contributed by atoms with Crippen molar-refractivity contribution in [2.45, 2.75) is 44.8 Å². The largest absolute Gasteiger partial charge is 0.370 e. The molecule has 2 aliphatic rings. The number of hydrogen-bond donors (Lipinski definition) is 0. The van der Waals surface area contributed by atoms with Gasteiger partial charge in [0.25, 0.3) is 0 Å². The molecule has 3 heteroatoms. The standard InChI is InChI=1S/C16H18BrNO/c17-11-6-7-14-13(10-11)12-4-2-1-3-5-15-16(12)18(14)8-9-19-15/h6-7,10,15H,1-5,8-9H2/t15-/m1/s1. The first-order chi connectivity index (χ1) is 9.34. The molecule has 0 spiro atoms. The molecule has 0 amide bonds. The van der Waals surface area contributed by atoms with Crippen molar-refractivity contribution in [1.82, 2.24) is 4.57 Å². The minimum absolute atomic E-state index is 0.329. The maximum absolute atomic E-state index is 6.05. The summed E-state index contributed by atoms with van der Waals surface area (Å²) in [6.45, 7) is 1.86. The van der Waals surface area contributed by atoms with Crippen LogP contribution >= 0.6 is 15.9 Å². The van der Waals surface area contributed by atoms with Gasteiger partial charge in [-0.3, -0.25) is 0 Å². The smallest absolute Gasteiger partial charge is 0.0978 e. The highest BCUT2D eigenvalue weighted by Crippen LogP contribution is 2.40. The molecule has 19 heavy (non-hydrogen) atoms. The second-order valence-corrected chi connectivity index (χ2v) is 6.55. The zero-order valence-electron chi connectivity index (χ0n) is 11.0. The summed E-state index contributed by atoms with van der Waals surface area (Å²) in [5.41, 5.74) is 4.41. The van der Waals surface area contributed by atoms with Gasteiger partial charge in [-0.1, -0.05) is 28.8 Å². The molecular weight excluding hydrogens is 302 g/mol. The molecule has 0 bridgehead atoms. The van der Waals surface area contributed by atoms with Crippen LogP contribution in [0.4, 0.5) is 0 Å². The molecule has 2 aromatic rings. The quantitative estimate of drug-likeness (QED) is 0.692. The van der Waals surface area contributed by atoms with Crippen LogP contribution in [0.2, 0.25) is 0 Å². The van der Waals surface area contributed by atoms with Crippen molar-refractivity contribution >= 4 is 26.8 Å². The first kappa shape index (κ1) is 12.0. The van der Waals surface area contributed by atoms with E-state index in [1.54, 1.807) is 5.56 Å². The lowest BCUT2D eigenvalue weighted by Crippen LogP contribution is -2.23. The van der Waals surface area contributed by atoms with Gasteiger partial charge in [0.15, 0.2) is 0 Å². The molecule has 1 aromatic carbocycles. The highest BCUT2D eigenvalue weighted by molar-refractivity contribution is 9.10. The third-order valence-corrected chi connectivity index (χ3v) is 5.00. The van der Waals surface area contributed by atoms with E-state index in [2.05, 4.69) is 38.7 Å². The number of rotatable bonds is 0. The van der Waals surface area contributed by atoms with Crippen LogP contribution < -0.4 is 0 Å². The molecule has 100 valence electrons. The summed E-state index contributed by atoms with van der Waals surface area (Å²) < 4.78 is 9.74. The lowest BCUT2D eigenvalue weighted by atomic mass is 9.94. The molecule has 0 saturated carbocycles. The van der Waals surface area contributed by atoms with Crippen molar-refractivity contribution in [3.8, 4) is 0 Å². The summed E-state index contributed by atoms with van der Waals surface area (Å²) in [4.78, 5) is 0. The molecule has 0 N–H and O–H groups in total. The summed E-state index contributed by atoms with van der Waals surface area (Å²) >= 11 is 3.62. The predicted molar refractivity (Wildman–Crippen MR) is 80.5 cm³/mol. The molecule has 0 fully saturated rings. The van der Waals surface area contributed by atoms with E-state index in [9.17, 15) is 0 Å². The van der Waals surface area contributed by atoms with Gasteiger partial charge in [0.05, 0.1) is 18.4 Å². The lowest BCUT2D eigenvalue weighted by molar-refractivity contribution is 0.0131. The van der Waals surface area contributed by atoms with Crippen LogP contribution in [0, 0.1) is 0 Å². The first-order valence-electron chi connectivity index (χ1n) is 7.27. The topological polar surface area (TPSA) is 14.2 Å². The summed E-state index contributed by atoms with van der Waals surface area (Å²) in [5, 5.41) is 1.43. The predicted octanol–water partition coefficient (Wildman–Crippen LogP) is 4.59. The third-order valence-electron chi connectivity index (χ3n) is 4.51. The van der Waals surface area contributed by atoms with Gasteiger partial charge in [0.1, 0.15) is 0 Å². The zero-order valence-corrected chi connectivity index (χ0v) is 12.6. The van der Waals surface area contributed by atoms with Crippen molar-refractivity contribution in [2.24, 2.45) is 0 Å². The third kappa shape index (κ3) is 1.86. The molecule has 1 aliphatic heterocycles. The highest BCUT2D eigenvalue weighted by Gasteiger charge is 2.28. The Labute approximate surface area is 121 Å². The minimum Gasteiger partial charge on any atom is -0.370 e. The monoisotopic (exact) mass is 319 g/mol. The van der Waals surface area contributed by atoms with Gasteiger partial charge in [-0.25, -0.2) is 0 Å². The van der Waals surface area contributed by atoms with Crippen LogP contribution in [-0.4, -0.2) is 11.2 Å². The highest BCUT2D eigenvalue weighted by atomic mass is 79.9. The van der Waals surface area contributed by atoms with Crippen LogP contribution in [0.5, 0.6) is 0 Å². The molecule has 4 rings (SSSR count). The Morgan fingerprint density at radius 1 is 1.21 bits per heavy atom. The fourth-order valence-electron chi connectivity index (χ4n) is 3.68. The van der Waals surface area contributed by atoms with Crippen LogP contribution in [0.25, 0.3) is 10.9 Å². The van der Waals surface area contributed by atoms with E-state index in [1.165, 1.54) is 53.2 Å². The minimum atomic E-state index is 0.329. The molecular formula is C16H18BrNO. The summed E-state index contributed by atoms with van der Waals surface area (Å²) in [6.07, 6.45) is 6.66. The number of benzene rings is 1. The Hall–Kier alpha value is -0.800. The molecule has 2 nitrogen and oxygen atoms in total. The van der Waals surface area contributed by atoms with E-state index >= 15 is 0 Å². The van der Waals surface area contributed by atoms with Crippen LogP contribution in [0.1, 0.15) is 43.0 Å². The fourth-order valence-corrected chi connectivity index (χ4v) is 4.04. The average molecular weight is 320 g/mol. The van der Waals surface area contributed by atoms with Gasteiger partial charge < -0.3 is 9.30 Å². The number of halogens is 1. The van der Waals surface area contributed by atoms with Gasteiger partial charge in [-0.2, -0.15) is 0 Å². The van der Waals surface area contributed by atoms with Crippen LogP contribution in [0.15, 0.2) is 22.7 Å². The van der Waals surface area contributed by atoms with E-state index in [4.69, 9.17) is 4.74 Å². The Morgan fingerprint density at radius 2 is 2.16 bits per heavy atom. The van der Waals surface area contributed by atoms with Gasteiger partial charge in [0.2, 0.25) is 0 Å². The Morgan fingerprint density at radius 3 is 3.11 bits per heavy atom. The van der Waals surface area contributed by atoms with E-state index in [1.807, 2.05) is 0 Å². The maximum atomic E-state index is 6.05. The van der Waals surface area contributed by atoms with E-state index in [-0.39, 0.29) is 0 Å². The van der Waals surface area contributed by atoms with Crippen molar-refractivity contribution in [3.05, 3.63) is 33.9 Å². The number of aromatic nitrogens is 1. The SMILES string of the molecule is Brc1ccc2c(c1)c1c3n2CCO[C@@H]3CCCCC1. The van der Waals surface area contributed by atoms with Crippen molar-refractivity contribution in [3.63, 3.8) is 0 Å². The normalized spacial score (nSPS) is 22.9. The average Bonchev–Trinajstić information content (AvgIpc) is 2.69. The second-order valence-electron chi connectivity index (χ2n) is 5.64. The summed E-state index contributed by atoms with van der Waals surface area (Å²) in [7, 11) is 0. The Balaban J connectivity index is 2.02. The van der Waals surface area contributed by atoms with Gasteiger partial charge in [0, 0.05) is 21.9 Å². The van der Waals surface area contributed by atoms with Crippen LogP contribution in [0.3, 0.4) is 0 Å². The number of hydrogen-bond acceptors (Lipinski definition) is 1. The van der Waals surface area contributed by atoms with Crippen molar-refractivity contribution in [1.29, 1.82) is 0 Å². The number of aryl methyl sites for hydroxylation is 1. The Kier molecular flexibility index (Phi) is 2.92. The van der Waals surface area contributed by atoms with Crippen LogP contribution in [-0.2, 0) is 17.7 Å². The molecule has 1 aromatic heterocycles. The van der Waals surface area contributed by atoms with E-state index < -0.39 is 0 Å².